The van der Waals surface area contributed by atoms with Crippen molar-refractivity contribution in [2.24, 2.45) is 0 Å². The molecule has 0 spiro atoms. The minimum absolute atomic E-state index is 0.295. The maximum atomic E-state index is 12.3. The number of piperazine rings is 1. The minimum Gasteiger partial charge on any atom is -0.457 e. The summed E-state index contributed by atoms with van der Waals surface area (Å²) in [5, 5.41) is 0. The predicted octanol–water partition coefficient (Wildman–Crippen LogP) is 2.94. The monoisotopic (exact) mass is 412 g/mol. The summed E-state index contributed by atoms with van der Waals surface area (Å²) in [6, 6.07) is 15.8. The molecule has 0 radical (unpaired) electrons. The molecular formula is C22H24N2O6. The van der Waals surface area contributed by atoms with Crippen molar-refractivity contribution >= 4 is 18.0 Å². The van der Waals surface area contributed by atoms with E-state index in [1.165, 1.54) is 0 Å². The van der Waals surface area contributed by atoms with E-state index in [9.17, 15) is 14.4 Å². The summed E-state index contributed by atoms with van der Waals surface area (Å²) in [6.45, 7) is 3.24. The third-order valence-corrected chi connectivity index (χ3v) is 4.55. The first-order valence-electron chi connectivity index (χ1n) is 9.76. The molecular weight excluding hydrogens is 388 g/mol. The highest BCUT2D eigenvalue weighted by molar-refractivity contribution is 5.91. The van der Waals surface area contributed by atoms with Gasteiger partial charge in [-0.25, -0.2) is 9.59 Å². The Morgan fingerprint density at radius 1 is 0.800 bits per heavy atom. The first-order chi connectivity index (χ1) is 14.6. The normalized spacial score (nSPS) is 13.5. The molecule has 0 unspecified atom stereocenters. The standard InChI is InChI=1S/C22H24N2O6/c1-2-28-22(27)24-14-12-23(13-15-24)20(25)16-29-21(26)17-8-10-19(11-9-17)30-18-6-4-3-5-7-18/h3-11H,2,12-16H2,1H3. The summed E-state index contributed by atoms with van der Waals surface area (Å²) in [7, 11) is 0. The molecule has 3 rings (SSSR count). The molecule has 30 heavy (non-hydrogen) atoms. The molecule has 8 nitrogen and oxygen atoms in total. The Bertz CT molecular complexity index is 861. The molecule has 2 aromatic carbocycles. The number of amides is 2. The summed E-state index contributed by atoms with van der Waals surface area (Å²) < 4.78 is 15.8. The van der Waals surface area contributed by atoms with E-state index in [0.717, 1.165) is 0 Å². The van der Waals surface area contributed by atoms with Gasteiger partial charge in [-0.2, -0.15) is 0 Å². The van der Waals surface area contributed by atoms with Crippen molar-refractivity contribution in [2.75, 3.05) is 39.4 Å². The van der Waals surface area contributed by atoms with E-state index in [1.54, 1.807) is 41.0 Å². The van der Waals surface area contributed by atoms with Gasteiger partial charge in [-0.3, -0.25) is 4.79 Å². The van der Waals surface area contributed by atoms with E-state index in [-0.39, 0.29) is 18.6 Å². The highest BCUT2D eigenvalue weighted by atomic mass is 16.6. The Balaban J connectivity index is 1.44. The second kappa shape index (κ2) is 10.3. The first kappa shape index (κ1) is 21.2. The number of para-hydroxylation sites is 1. The number of carbonyl (C=O) groups is 3. The highest BCUT2D eigenvalue weighted by Crippen LogP contribution is 2.21. The molecule has 2 amide bonds. The number of nitrogens with zero attached hydrogens (tertiary/aromatic N) is 2. The molecule has 1 saturated heterocycles. The van der Waals surface area contributed by atoms with Crippen LogP contribution in [0, 0.1) is 0 Å². The molecule has 1 aliphatic heterocycles. The number of carbonyl (C=O) groups excluding carboxylic acids is 3. The summed E-state index contributed by atoms with van der Waals surface area (Å²) in [5.41, 5.74) is 0.329. The van der Waals surface area contributed by atoms with Crippen LogP contribution >= 0.6 is 0 Å². The van der Waals surface area contributed by atoms with Gasteiger partial charge >= 0.3 is 12.1 Å². The van der Waals surface area contributed by atoms with Crippen LogP contribution in [-0.4, -0.2) is 67.2 Å². The van der Waals surface area contributed by atoms with E-state index < -0.39 is 5.97 Å². The molecule has 1 heterocycles. The third-order valence-electron chi connectivity index (χ3n) is 4.55. The molecule has 0 saturated carbocycles. The molecule has 158 valence electrons. The van der Waals surface area contributed by atoms with Crippen LogP contribution in [0.2, 0.25) is 0 Å². The molecule has 0 N–H and O–H groups in total. The fourth-order valence-electron chi connectivity index (χ4n) is 2.94. The summed E-state index contributed by atoms with van der Waals surface area (Å²) >= 11 is 0. The largest absolute Gasteiger partial charge is 0.457 e. The van der Waals surface area contributed by atoms with Gasteiger partial charge < -0.3 is 24.0 Å². The topological polar surface area (TPSA) is 85.4 Å². The molecule has 0 aliphatic carbocycles. The van der Waals surface area contributed by atoms with Crippen molar-refractivity contribution in [3.63, 3.8) is 0 Å². The lowest BCUT2D eigenvalue weighted by atomic mass is 10.2. The predicted molar refractivity (Wildman–Crippen MR) is 108 cm³/mol. The number of benzene rings is 2. The molecule has 1 fully saturated rings. The summed E-state index contributed by atoms with van der Waals surface area (Å²) in [4.78, 5) is 39.3. The van der Waals surface area contributed by atoms with E-state index in [2.05, 4.69) is 0 Å². The van der Waals surface area contributed by atoms with Gasteiger partial charge in [0.1, 0.15) is 11.5 Å². The maximum Gasteiger partial charge on any atom is 0.409 e. The highest BCUT2D eigenvalue weighted by Gasteiger charge is 2.25. The van der Waals surface area contributed by atoms with Crippen LogP contribution in [-0.2, 0) is 14.3 Å². The van der Waals surface area contributed by atoms with Crippen LogP contribution in [0.1, 0.15) is 17.3 Å². The van der Waals surface area contributed by atoms with Gasteiger partial charge in [0, 0.05) is 26.2 Å². The SMILES string of the molecule is CCOC(=O)N1CCN(C(=O)COC(=O)c2ccc(Oc3ccccc3)cc2)CC1. The minimum atomic E-state index is -0.584. The molecule has 8 heteroatoms. The van der Waals surface area contributed by atoms with Crippen molar-refractivity contribution in [2.45, 2.75) is 6.92 Å². The second-order valence-electron chi connectivity index (χ2n) is 6.58. The van der Waals surface area contributed by atoms with Crippen LogP contribution < -0.4 is 4.74 Å². The first-order valence-corrected chi connectivity index (χ1v) is 9.76. The average Bonchev–Trinajstić information content (AvgIpc) is 2.78. The van der Waals surface area contributed by atoms with E-state index >= 15 is 0 Å². The smallest absolute Gasteiger partial charge is 0.409 e. The van der Waals surface area contributed by atoms with Crippen molar-refractivity contribution in [3.8, 4) is 11.5 Å². The molecule has 0 atom stereocenters. The Hall–Kier alpha value is -3.55. The van der Waals surface area contributed by atoms with Gasteiger partial charge in [0.05, 0.1) is 12.2 Å². The zero-order valence-electron chi connectivity index (χ0n) is 16.8. The van der Waals surface area contributed by atoms with E-state index in [4.69, 9.17) is 14.2 Å². The van der Waals surface area contributed by atoms with Crippen molar-refractivity contribution in [1.82, 2.24) is 9.80 Å². The number of hydrogen-bond acceptors (Lipinski definition) is 6. The van der Waals surface area contributed by atoms with Crippen LogP contribution in [0.3, 0.4) is 0 Å². The van der Waals surface area contributed by atoms with Gasteiger partial charge in [-0.1, -0.05) is 18.2 Å². The van der Waals surface area contributed by atoms with Gasteiger partial charge in [-0.15, -0.1) is 0 Å². The Labute approximate surface area is 174 Å². The van der Waals surface area contributed by atoms with Crippen LogP contribution in [0.4, 0.5) is 4.79 Å². The fraction of sp³-hybridized carbons (Fsp3) is 0.318. The lowest BCUT2D eigenvalue weighted by Gasteiger charge is -2.33. The van der Waals surface area contributed by atoms with Crippen molar-refractivity contribution < 1.29 is 28.6 Å². The van der Waals surface area contributed by atoms with Crippen molar-refractivity contribution in [3.05, 3.63) is 60.2 Å². The fourth-order valence-corrected chi connectivity index (χ4v) is 2.94. The zero-order valence-corrected chi connectivity index (χ0v) is 16.8. The van der Waals surface area contributed by atoms with Crippen LogP contribution in [0.25, 0.3) is 0 Å². The number of rotatable bonds is 6. The molecule has 2 aromatic rings. The van der Waals surface area contributed by atoms with Gasteiger partial charge in [0.15, 0.2) is 6.61 Å². The number of esters is 1. The molecule has 1 aliphatic rings. The summed E-state index contributed by atoms with van der Waals surface area (Å²) in [6.07, 6.45) is -0.379. The second-order valence-corrected chi connectivity index (χ2v) is 6.58. The van der Waals surface area contributed by atoms with E-state index in [1.807, 2.05) is 30.3 Å². The molecule has 0 bridgehead atoms. The van der Waals surface area contributed by atoms with Gasteiger partial charge in [0.25, 0.3) is 5.91 Å². The van der Waals surface area contributed by atoms with Crippen LogP contribution in [0.15, 0.2) is 54.6 Å². The van der Waals surface area contributed by atoms with Crippen LogP contribution in [0.5, 0.6) is 11.5 Å². The summed E-state index contributed by atoms with van der Waals surface area (Å²) in [5.74, 6) is 0.408. The Morgan fingerprint density at radius 2 is 1.40 bits per heavy atom. The van der Waals surface area contributed by atoms with Gasteiger partial charge in [0.2, 0.25) is 0 Å². The van der Waals surface area contributed by atoms with Gasteiger partial charge in [-0.05, 0) is 43.3 Å². The van der Waals surface area contributed by atoms with Crippen molar-refractivity contribution in [1.29, 1.82) is 0 Å². The lowest BCUT2D eigenvalue weighted by Crippen LogP contribution is -2.51. The van der Waals surface area contributed by atoms with E-state index in [0.29, 0.717) is 49.8 Å². The number of ether oxygens (including phenoxy) is 3. The Morgan fingerprint density at radius 3 is 2.03 bits per heavy atom. The quantitative estimate of drug-likeness (QED) is 0.678. The average molecular weight is 412 g/mol. The number of hydrogen-bond donors (Lipinski definition) is 0. The zero-order chi connectivity index (χ0) is 21.3. The maximum absolute atomic E-state index is 12.3. The Kier molecular flexibility index (Phi) is 7.26. The lowest BCUT2D eigenvalue weighted by molar-refractivity contribution is -0.136. The molecule has 0 aromatic heterocycles. The third kappa shape index (κ3) is 5.73.